The fraction of sp³-hybridized carbons (Fsp3) is 0.256. The minimum absolute atomic E-state index is 0.0119. The minimum atomic E-state index is -1.54. The number of ether oxygens (including phenoxy) is 1. The number of nitrogens with zero attached hydrogens (tertiary/aromatic N) is 4. The number of carbonyl (C=O) groups is 4. The molecule has 6 atom stereocenters. The predicted octanol–water partition coefficient (Wildman–Crippen LogP) is 6.31. The number of imide groups is 1. The van der Waals surface area contributed by atoms with Crippen LogP contribution in [0.2, 0.25) is 0 Å². The van der Waals surface area contributed by atoms with Gasteiger partial charge in [-0.1, -0.05) is 78.4 Å². The summed E-state index contributed by atoms with van der Waals surface area (Å²) in [5.74, 6) is -6.90. The van der Waals surface area contributed by atoms with Crippen LogP contribution in [-0.2, 0) is 24.6 Å². The molecule has 2 fully saturated rings. The van der Waals surface area contributed by atoms with Crippen LogP contribution in [0.25, 0.3) is 5.57 Å². The van der Waals surface area contributed by atoms with E-state index in [1.165, 1.54) is 38.2 Å². The van der Waals surface area contributed by atoms with Crippen LogP contribution >= 0.6 is 0 Å². The molecule has 4 aromatic carbocycles. The lowest BCUT2D eigenvalue weighted by atomic mass is 9.44. The summed E-state index contributed by atoms with van der Waals surface area (Å²) in [4.78, 5) is 84.4. The molecule has 57 heavy (non-hydrogen) atoms. The molecule has 1 saturated heterocycles. The number of carbonyl (C=O) groups excluding carboxylic acids is 4. The van der Waals surface area contributed by atoms with Crippen molar-refractivity contribution in [2.45, 2.75) is 24.2 Å². The van der Waals surface area contributed by atoms with E-state index in [9.17, 15) is 34.9 Å². The molecule has 1 N–H and O–H groups in total. The maximum Gasteiger partial charge on any atom is 0.301 e. The number of fused-ring (bicyclic) bond motifs is 4. The second-order valence-corrected chi connectivity index (χ2v) is 15.0. The topological polar surface area (TPSA) is 190 Å². The second kappa shape index (κ2) is 13.7. The van der Waals surface area contributed by atoms with Gasteiger partial charge in [0, 0.05) is 43.6 Å². The number of Topliss-reactive ketones (excluding diaryl/α,β-unsaturated/α-hetero) is 1. The lowest BCUT2D eigenvalue weighted by Crippen LogP contribution is -2.58. The van der Waals surface area contributed by atoms with Gasteiger partial charge in [0.05, 0.1) is 39.9 Å². The summed E-state index contributed by atoms with van der Waals surface area (Å²) in [5.41, 5.74) is -1.04. The van der Waals surface area contributed by atoms with Crippen molar-refractivity contribution in [3.8, 4) is 11.5 Å². The first-order valence-electron chi connectivity index (χ1n) is 18.3. The lowest BCUT2D eigenvalue weighted by molar-refractivity contribution is -0.392. The zero-order valence-corrected chi connectivity index (χ0v) is 31.0. The number of anilines is 2. The Labute approximate surface area is 326 Å². The molecule has 1 heterocycles. The molecular weight excluding hydrogens is 732 g/mol. The third kappa shape index (κ3) is 5.46. The highest BCUT2D eigenvalue weighted by Gasteiger charge is 2.66. The summed E-state index contributed by atoms with van der Waals surface area (Å²) in [5, 5.41) is 35.6. The zero-order valence-electron chi connectivity index (χ0n) is 31.0. The summed E-state index contributed by atoms with van der Waals surface area (Å²) < 4.78 is 5.35. The summed E-state index contributed by atoms with van der Waals surface area (Å²) in [7, 11) is 4.23. The molecule has 3 aliphatic carbocycles. The predicted molar refractivity (Wildman–Crippen MR) is 208 cm³/mol. The van der Waals surface area contributed by atoms with Crippen LogP contribution < -0.4 is 14.5 Å². The average Bonchev–Trinajstić information content (AvgIpc) is 3.46. The quantitative estimate of drug-likeness (QED) is 0.0915. The number of aromatic hydroxyl groups is 1. The van der Waals surface area contributed by atoms with Crippen LogP contribution in [0.5, 0.6) is 11.5 Å². The van der Waals surface area contributed by atoms with Crippen LogP contribution in [0.3, 0.4) is 0 Å². The Morgan fingerprint density at radius 2 is 1.47 bits per heavy atom. The van der Waals surface area contributed by atoms with Crippen molar-refractivity contribution in [1.29, 1.82) is 0 Å². The maximum absolute atomic E-state index is 15.2. The molecule has 1 saturated carbocycles. The Hall–Kier alpha value is -6.96. The number of benzene rings is 4. The molecule has 0 bridgehead atoms. The largest absolute Gasteiger partial charge is 0.504 e. The highest BCUT2D eigenvalue weighted by atomic mass is 16.6. The SMILES string of the molecule is COc1ccc(C2C3=CCC4C(=O)N(c5cc([N+](=O)[O-])c(N(C)C)c([N+](=O)[O-])c5)C(=O)C4C3CC3C(=O)C(c4ccccc4)=CC(=O)C32c2ccccc2)cc1O. The summed E-state index contributed by atoms with van der Waals surface area (Å²) in [6.45, 7) is 0. The maximum atomic E-state index is 15.2. The number of allylic oxidation sites excluding steroid dienone is 4. The van der Waals surface area contributed by atoms with Crippen LogP contribution in [0.1, 0.15) is 35.4 Å². The Morgan fingerprint density at radius 1 is 0.842 bits per heavy atom. The standard InChI is InChI=1S/C43H36N4O10/c1-44(2)39-32(46(53)54)19-26(20-33(39)47(55)56)45-41(51)28-16-15-27-30(37(28)42(45)52)21-31-40(50)29(23-10-6-4-7-11-23)22-36(49)43(31,25-12-8-5-9-13-25)38(27)24-14-17-35(57-3)34(48)18-24/h4-15,17-20,22,28,30-31,37-38,48H,16,21H2,1-3H3. The number of ketones is 2. The Kier molecular flexibility index (Phi) is 8.86. The van der Waals surface area contributed by atoms with Crippen molar-refractivity contribution in [3.05, 3.63) is 146 Å². The number of methoxy groups -OCH3 is 1. The highest BCUT2D eigenvalue weighted by Crippen LogP contribution is 2.64. The fourth-order valence-electron chi connectivity index (χ4n) is 9.85. The van der Waals surface area contributed by atoms with Crippen molar-refractivity contribution in [3.63, 3.8) is 0 Å². The first-order valence-corrected chi connectivity index (χ1v) is 18.3. The third-order valence-electron chi connectivity index (χ3n) is 12.1. The number of phenolic OH excluding ortho intramolecular Hbond substituents is 1. The second-order valence-electron chi connectivity index (χ2n) is 15.0. The molecule has 2 amide bonds. The van der Waals surface area contributed by atoms with Crippen LogP contribution in [0, 0.1) is 43.9 Å². The molecule has 14 nitrogen and oxygen atoms in total. The van der Waals surface area contributed by atoms with E-state index in [4.69, 9.17) is 4.74 Å². The van der Waals surface area contributed by atoms with E-state index in [2.05, 4.69) is 0 Å². The van der Waals surface area contributed by atoms with Gasteiger partial charge in [-0.15, -0.1) is 0 Å². The molecular formula is C43H36N4O10. The van der Waals surface area contributed by atoms with Gasteiger partial charge in [0.2, 0.25) is 11.8 Å². The number of hydrogen-bond acceptors (Lipinski definition) is 11. The molecule has 0 spiro atoms. The Morgan fingerprint density at radius 3 is 2.05 bits per heavy atom. The van der Waals surface area contributed by atoms with Gasteiger partial charge in [0.15, 0.2) is 28.8 Å². The number of hydrogen-bond donors (Lipinski definition) is 1. The van der Waals surface area contributed by atoms with Crippen molar-refractivity contribution in [2.24, 2.45) is 23.7 Å². The van der Waals surface area contributed by atoms with E-state index in [-0.39, 0.29) is 52.9 Å². The van der Waals surface area contributed by atoms with E-state index in [0.29, 0.717) is 22.3 Å². The number of amides is 2. The zero-order chi connectivity index (χ0) is 40.5. The van der Waals surface area contributed by atoms with Gasteiger partial charge in [0.1, 0.15) is 0 Å². The van der Waals surface area contributed by atoms with Gasteiger partial charge in [-0.3, -0.25) is 39.4 Å². The molecule has 0 aromatic heterocycles. The van der Waals surface area contributed by atoms with Crippen LogP contribution in [0.15, 0.2) is 109 Å². The van der Waals surface area contributed by atoms with Gasteiger partial charge in [-0.25, -0.2) is 4.90 Å². The Bertz CT molecular complexity index is 2440. The van der Waals surface area contributed by atoms with Crippen LogP contribution in [0.4, 0.5) is 22.7 Å². The average molecular weight is 769 g/mol. The van der Waals surface area contributed by atoms with Gasteiger partial charge in [-0.2, -0.15) is 0 Å². The van der Waals surface area contributed by atoms with E-state index in [1.807, 2.05) is 6.08 Å². The summed E-state index contributed by atoms with van der Waals surface area (Å²) in [6.07, 6.45) is 3.26. The van der Waals surface area contributed by atoms with Crippen molar-refractivity contribution < 1.29 is 38.9 Å². The van der Waals surface area contributed by atoms with Crippen molar-refractivity contribution >= 4 is 51.7 Å². The van der Waals surface area contributed by atoms with E-state index >= 15 is 9.59 Å². The van der Waals surface area contributed by atoms with Gasteiger partial charge < -0.3 is 14.7 Å². The molecule has 14 heteroatoms. The molecule has 6 unspecified atom stereocenters. The normalized spacial score (nSPS) is 25.2. The molecule has 0 radical (unpaired) electrons. The molecule has 4 aromatic rings. The number of phenols is 1. The molecule has 288 valence electrons. The molecule has 8 rings (SSSR count). The lowest BCUT2D eigenvalue weighted by Gasteiger charge is -2.55. The first-order chi connectivity index (χ1) is 27.3. The van der Waals surface area contributed by atoms with Gasteiger partial charge in [0.25, 0.3) is 0 Å². The first kappa shape index (κ1) is 37.0. The summed E-state index contributed by atoms with van der Waals surface area (Å²) >= 11 is 0. The summed E-state index contributed by atoms with van der Waals surface area (Å²) in [6, 6.07) is 24.5. The van der Waals surface area contributed by atoms with Crippen LogP contribution in [-0.4, -0.2) is 59.5 Å². The smallest absolute Gasteiger partial charge is 0.301 e. The van der Waals surface area contributed by atoms with Crippen molar-refractivity contribution in [1.82, 2.24) is 0 Å². The van der Waals surface area contributed by atoms with E-state index in [1.54, 1.807) is 72.8 Å². The van der Waals surface area contributed by atoms with E-state index < -0.39 is 68.0 Å². The van der Waals surface area contributed by atoms with Gasteiger partial charge >= 0.3 is 11.4 Å². The molecule has 4 aliphatic rings. The highest BCUT2D eigenvalue weighted by molar-refractivity contribution is 6.32. The molecule has 1 aliphatic heterocycles. The number of nitro groups is 2. The number of nitro benzene ring substituents is 2. The minimum Gasteiger partial charge on any atom is -0.504 e. The van der Waals surface area contributed by atoms with Crippen molar-refractivity contribution in [2.75, 3.05) is 31.0 Å². The van der Waals surface area contributed by atoms with E-state index in [0.717, 1.165) is 17.0 Å². The fourth-order valence-corrected chi connectivity index (χ4v) is 9.85. The van der Waals surface area contributed by atoms with Gasteiger partial charge in [-0.05, 0) is 53.7 Å². The third-order valence-corrected chi connectivity index (χ3v) is 12.1. The number of rotatable bonds is 8. The monoisotopic (exact) mass is 768 g/mol. The Balaban J connectivity index is 1.34.